The first-order chi connectivity index (χ1) is 7.66. The molecule has 1 aliphatic rings. The summed E-state index contributed by atoms with van der Waals surface area (Å²) in [5.74, 6) is 0.653. The average molecular weight is 216 g/mol. The largest absolute Gasteiger partial charge is 0.299 e. The van der Waals surface area contributed by atoms with Crippen molar-refractivity contribution in [3.63, 3.8) is 0 Å². The second kappa shape index (κ2) is 4.60. The van der Waals surface area contributed by atoms with Crippen LogP contribution >= 0.6 is 0 Å². The molecule has 1 aromatic rings. The van der Waals surface area contributed by atoms with Gasteiger partial charge in [0.05, 0.1) is 6.42 Å². The zero-order valence-corrected chi connectivity index (χ0v) is 9.48. The van der Waals surface area contributed by atoms with Gasteiger partial charge in [-0.2, -0.15) is 0 Å². The van der Waals surface area contributed by atoms with Gasteiger partial charge in [0.15, 0.2) is 0 Å². The molecule has 0 radical (unpaired) electrons. The lowest BCUT2D eigenvalue weighted by molar-refractivity contribution is -0.126. The molecule has 0 aliphatic heterocycles. The van der Waals surface area contributed by atoms with E-state index in [0.29, 0.717) is 12.8 Å². The quantitative estimate of drug-likeness (QED) is 0.534. The van der Waals surface area contributed by atoms with E-state index in [1.54, 1.807) is 0 Å². The van der Waals surface area contributed by atoms with Crippen molar-refractivity contribution >= 4 is 11.6 Å². The van der Waals surface area contributed by atoms with Crippen molar-refractivity contribution in [2.24, 2.45) is 5.92 Å². The summed E-state index contributed by atoms with van der Waals surface area (Å²) in [6, 6.07) is 10.0. The van der Waals surface area contributed by atoms with Gasteiger partial charge in [-0.3, -0.25) is 9.59 Å². The summed E-state index contributed by atoms with van der Waals surface area (Å²) in [5, 5.41) is 0. The molecule has 1 fully saturated rings. The number of Topliss-reactive ketones (excluding diaryl/α,β-unsaturated/α-hetero) is 2. The predicted octanol–water partition coefficient (Wildman–Crippen LogP) is 2.73. The molecule has 0 heterocycles. The summed E-state index contributed by atoms with van der Waals surface area (Å²) in [6.07, 6.45) is 1.18. The van der Waals surface area contributed by atoms with E-state index in [-0.39, 0.29) is 29.8 Å². The Morgan fingerprint density at radius 1 is 1.00 bits per heavy atom. The van der Waals surface area contributed by atoms with Crippen LogP contribution in [0.1, 0.15) is 37.7 Å². The van der Waals surface area contributed by atoms with E-state index in [1.807, 2.05) is 30.3 Å². The fraction of sp³-hybridized carbons (Fsp3) is 0.429. The molecule has 16 heavy (non-hydrogen) atoms. The van der Waals surface area contributed by atoms with Crippen molar-refractivity contribution in [2.75, 3.05) is 0 Å². The Hall–Kier alpha value is -1.44. The van der Waals surface area contributed by atoms with Crippen molar-refractivity contribution < 1.29 is 9.59 Å². The molecule has 0 saturated heterocycles. The van der Waals surface area contributed by atoms with Crippen LogP contribution < -0.4 is 0 Å². The van der Waals surface area contributed by atoms with Crippen molar-refractivity contribution in [1.29, 1.82) is 0 Å². The Morgan fingerprint density at radius 3 is 2.31 bits per heavy atom. The summed E-state index contributed by atoms with van der Waals surface area (Å²) in [7, 11) is 0. The summed E-state index contributed by atoms with van der Waals surface area (Å²) < 4.78 is 0. The molecule has 0 bridgehead atoms. The van der Waals surface area contributed by atoms with Crippen LogP contribution in [0.2, 0.25) is 0 Å². The van der Waals surface area contributed by atoms with Gasteiger partial charge >= 0.3 is 0 Å². The smallest absolute Gasteiger partial charge is 0.140 e. The maximum absolute atomic E-state index is 11.6. The lowest BCUT2D eigenvalue weighted by Gasteiger charge is -2.20. The van der Waals surface area contributed by atoms with Crippen LogP contribution in [0.3, 0.4) is 0 Å². The highest BCUT2D eigenvalue weighted by molar-refractivity contribution is 6.00. The van der Waals surface area contributed by atoms with Crippen LogP contribution in [0.15, 0.2) is 30.3 Å². The van der Waals surface area contributed by atoms with Gasteiger partial charge in [-0.25, -0.2) is 0 Å². The zero-order valence-electron chi connectivity index (χ0n) is 9.48. The number of carbonyl (C=O) groups is 2. The second-order valence-electron chi connectivity index (χ2n) is 4.66. The molecule has 2 atom stereocenters. The van der Waals surface area contributed by atoms with E-state index in [0.717, 1.165) is 0 Å². The fourth-order valence-corrected chi connectivity index (χ4v) is 2.46. The van der Waals surface area contributed by atoms with E-state index in [4.69, 9.17) is 0 Å². The van der Waals surface area contributed by atoms with Crippen LogP contribution in [-0.2, 0) is 9.59 Å². The lowest BCUT2D eigenvalue weighted by Crippen LogP contribution is -2.11. The number of hydrogen-bond acceptors (Lipinski definition) is 2. The van der Waals surface area contributed by atoms with Crippen LogP contribution in [0.5, 0.6) is 0 Å². The van der Waals surface area contributed by atoms with Gasteiger partial charge in [0.1, 0.15) is 11.6 Å². The highest BCUT2D eigenvalue weighted by Crippen LogP contribution is 2.33. The van der Waals surface area contributed by atoms with E-state index in [9.17, 15) is 9.59 Å². The molecule has 0 N–H and O–H groups in total. The van der Waals surface area contributed by atoms with Gasteiger partial charge in [-0.05, 0) is 17.4 Å². The molecule has 0 aromatic heterocycles. The van der Waals surface area contributed by atoms with Crippen LogP contribution in [0, 0.1) is 5.92 Å². The van der Waals surface area contributed by atoms with Gasteiger partial charge in [-0.1, -0.05) is 37.3 Å². The molecular weight excluding hydrogens is 200 g/mol. The van der Waals surface area contributed by atoms with E-state index in [1.165, 1.54) is 5.56 Å². The fourth-order valence-electron chi connectivity index (χ4n) is 2.46. The van der Waals surface area contributed by atoms with E-state index < -0.39 is 0 Å². The number of benzene rings is 1. The molecule has 0 unspecified atom stereocenters. The highest BCUT2D eigenvalue weighted by Gasteiger charge is 2.28. The first-order valence-electron chi connectivity index (χ1n) is 5.75. The molecule has 84 valence electrons. The molecule has 2 rings (SSSR count). The SMILES string of the molecule is C[C@H]1CC(=O)CC(=O)C[C@H]1c1ccccc1. The zero-order chi connectivity index (χ0) is 11.5. The lowest BCUT2D eigenvalue weighted by atomic mass is 9.83. The molecule has 1 saturated carbocycles. The summed E-state index contributed by atoms with van der Waals surface area (Å²) in [6.45, 7) is 2.06. The first kappa shape index (κ1) is 11.1. The molecule has 2 heteroatoms. The average Bonchev–Trinajstić information content (AvgIpc) is 2.38. The molecule has 1 aromatic carbocycles. The first-order valence-corrected chi connectivity index (χ1v) is 5.75. The Bertz CT molecular complexity index is 394. The van der Waals surface area contributed by atoms with Crippen molar-refractivity contribution in [3.8, 4) is 0 Å². The summed E-state index contributed by atoms with van der Waals surface area (Å²) in [4.78, 5) is 23.1. The van der Waals surface area contributed by atoms with Gasteiger partial charge < -0.3 is 0 Å². The number of hydrogen-bond donors (Lipinski definition) is 0. The van der Waals surface area contributed by atoms with E-state index >= 15 is 0 Å². The van der Waals surface area contributed by atoms with Crippen molar-refractivity contribution in [2.45, 2.75) is 32.1 Å². The number of carbonyl (C=O) groups excluding carboxylic acids is 2. The minimum atomic E-state index is 0.0863. The Kier molecular flexibility index (Phi) is 3.18. The number of rotatable bonds is 1. The predicted molar refractivity (Wildman–Crippen MR) is 62.2 cm³/mol. The maximum atomic E-state index is 11.6. The van der Waals surface area contributed by atoms with Crippen LogP contribution in [0.4, 0.5) is 0 Å². The third-order valence-corrected chi connectivity index (χ3v) is 3.31. The molecule has 1 aliphatic carbocycles. The van der Waals surface area contributed by atoms with Crippen LogP contribution in [-0.4, -0.2) is 11.6 Å². The van der Waals surface area contributed by atoms with Gasteiger partial charge in [-0.15, -0.1) is 0 Å². The number of ketones is 2. The molecule has 0 spiro atoms. The maximum Gasteiger partial charge on any atom is 0.140 e. The minimum absolute atomic E-state index is 0.0863. The second-order valence-corrected chi connectivity index (χ2v) is 4.66. The molecule has 2 nitrogen and oxygen atoms in total. The molecular formula is C14H16O2. The van der Waals surface area contributed by atoms with Crippen LogP contribution in [0.25, 0.3) is 0 Å². The monoisotopic (exact) mass is 216 g/mol. The third kappa shape index (κ3) is 2.38. The standard InChI is InChI=1S/C14H16O2/c1-10-7-12(15)8-13(16)9-14(10)11-5-3-2-4-6-11/h2-6,10,14H,7-9H2,1H3/t10-,14+/m0/s1. The topological polar surface area (TPSA) is 34.1 Å². The Labute approximate surface area is 95.7 Å². The van der Waals surface area contributed by atoms with Gasteiger partial charge in [0.25, 0.3) is 0 Å². The van der Waals surface area contributed by atoms with Gasteiger partial charge in [0, 0.05) is 12.8 Å². The third-order valence-electron chi connectivity index (χ3n) is 3.31. The molecule has 0 amide bonds. The summed E-state index contributed by atoms with van der Waals surface area (Å²) in [5.41, 5.74) is 1.18. The van der Waals surface area contributed by atoms with Crippen molar-refractivity contribution in [1.82, 2.24) is 0 Å². The van der Waals surface area contributed by atoms with E-state index in [2.05, 4.69) is 6.92 Å². The Balaban J connectivity index is 2.26. The van der Waals surface area contributed by atoms with Crippen molar-refractivity contribution in [3.05, 3.63) is 35.9 Å². The van der Waals surface area contributed by atoms with Gasteiger partial charge in [0.2, 0.25) is 0 Å². The normalized spacial score (nSPS) is 26.6. The summed E-state index contributed by atoms with van der Waals surface area (Å²) >= 11 is 0. The Morgan fingerprint density at radius 2 is 1.62 bits per heavy atom. The highest BCUT2D eigenvalue weighted by atomic mass is 16.1. The minimum Gasteiger partial charge on any atom is -0.299 e.